The Labute approximate surface area is 126 Å². The molecule has 118 valence electrons. The van der Waals surface area contributed by atoms with E-state index in [2.05, 4.69) is 9.12 Å². The first-order chi connectivity index (χ1) is 9.68. The molecule has 1 aromatic carbocycles. The van der Waals surface area contributed by atoms with Gasteiger partial charge in [0, 0.05) is 0 Å². The Hall–Kier alpha value is -1.76. The lowest BCUT2D eigenvalue weighted by molar-refractivity contribution is 0.197. The van der Waals surface area contributed by atoms with Gasteiger partial charge in [0.25, 0.3) is 0 Å². The van der Waals surface area contributed by atoms with Crippen LogP contribution in [-0.2, 0) is 10.2 Å². The molecule has 1 aliphatic rings. The van der Waals surface area contributed by atoms with Crippen molar-refractivity contribution < 1.29 is 13.2 Å². The Bertz CT molecular complexity index is 631. The number of ether oxygens (including phenoxy) is 1. The first-order valence-electron chi connectivity index (χ1n) is 6.82. The summed E-state index contributed by atoms with van der Waals surface area (Å²) in [4.78, 5) is 0. The molecule has 0 bridgehead atoms. The van der Waals surface area contributed by atoms with E-state index in [0.29, 0.717) is 23.6 Å². The Balaban J connectivity index is 0.00000106. The SMILES string of the molecule is CC.CC(C)(C)COc1cccc2c1C(N)=NS(=O)(=O)N2. The lowest BCUT2D eigenvalue weighted by Gasteiger charge is -2.23. The van der Waals surface area contributed by atoms with Crippen LogP contribution in [0.4, 0.5) is 5.69 Å². The van der Waals surface area contributed by atoms with Crippen molar-refractivity contribution in [2.45, 2.75) is 34.6 Å². The van der Waals surface area contributed by atoms with Gasteiger partial charge in [-0.1, -0.05) is 40.7 Å². The highest BCUT2D eigenvalue weighted by Crippen LogP contribution is 2.31. The van der Waals surface area contributed by atoms with Gasteiger partial charge in [0.1, 0.15) is 5.75 Å². The first-order valence-corrected chi connectivity index (χ1v) is 8.26. The Morgan fingerprint density at radius 2 is 1.90 bits per heavy atom. The standard InChI is InChI=1S/C12H17N3O3S.C2H6/c1-12(2,3)7-18-9-6-4-5-8-10(9)11(13)15-19(16,17)14-8;1-2/h4-6,14H,7H2,1-3H3,(H2,13,15);1-2H3. The molecule has 1 heterocycles. The lowest BCUT2D eigenvalue weighted by Crippen LogP contribution is -2.27. The summed E-state index contributed by atoms with van der Waals surface area (Å²) in [6.07, 6.45) is 0. The summed E-state index contributed by atoms with van der Waals surface area (Å²) in [6.45, 7) is 10.6. The van der Waals surface area contributed by atoms with E-state index in [9.17, 15) is 8.42 Å². The quantitative estimate of drug-likeness (QED) is 0.877. The normalized spacial score (nSPS) is 15.8. The molecule has 3 N–H and O–H groups in total. The van der Waals surface area contributed by atoms with Crippen LogP contribution in [0.15, 0.2) is 22.6 Å². The molecule has 0 aromatic heterocycles. The molecule has 0 spiro atoms. The van der Waals surface area contributed by atoms with Crippen LogP contribution >= 0.6 is 0 Å². The van der Waals surface area contributed by atoms with E-state index in [-0.39, 0.29) is 11.3 Å². The second-order valence-electron chi connectivity index (χ2n) is 5.58. The lowest BCUT2D eigenvalue weighted by atomic mass is 9.98. The molecule has 7 heteroatoms. The zero-order chi connectivity index (χ0) is 16.3. The van der Waals surface area contributed by atoms with Gasteiger partial charge in [0.05, 0.1) is 17.9 Å². The van der Waals surface area contributed by atoms with Crippen molar-refractivity contribution >= 4 is 21.7 Å². The topological polar surface area (TPSA) is 93.8 Å². The van der Waals surface area contributed by atoms with Crippen molar-refractivity contribution in [2.75, 3.05) is 11.3 Å². The average Bonchev–Trinajstić information content (AvgIpc) is 2.36. The van der Waals surface area contributed by atoms with Gasteiger partial charge in [-0.15, -0.1) is 4.40 Å². The van der Waals surface area contributed by atoms with E-state index in [1.54, 1.807) is 18.2 Å². The fraction of sp³-hybridized carbons (Fsp3) is 0.500. The average molecular weight is 313 g/mol. The monoisotopic (exact) mass is 313 g/mol. The molecule has 21 heavy (non-hydrogen) atoms. The van der Waals surface area contributed by atoms with Gasteiger partial charge >= 0.3 is 10.2 Å². The zero-order valence-electron chi connectivity index (χ0n) is 13.1. The number of nitrogens with two attached hydrogens (primary N) is 1. The summed E-state index contributed by atoms with van der Waals surface area (Å²) >= 11 is 0. The number of nitrogens with one attached hydrogen (secondary N) is 1. The molecular weight excluding hydrogens is 290 g/mol. The molecule has 0 atom stereocenters. The number of hydrogen-bond donors (Lipinski definition) is 2. The first kappa shape index (κ1) is 17.3. The highest BCUT2D eigenvalue weighted by molar-refractivity contribution is 7.91. The van der Waals surface area contributed by atoms with E-state index in [1.807, 2.05) is 34.6 Å². The number of nitrogens with zero attached hydrogens (tertiary/aromatic N) is 1. The summed E-state index contributed by atoms with van der Waals surface area (Å²) in [5.41, 5.74) is 6.58. The fourth-order valence-electron chi connectivity index (χ4n) is 1.63. The number of benzene rings is 1. The number of anilines is 1. The third-order valence-corrected chi connectivity index (χ3v) is 3.32. The molecule has 2 rings (SSSR count). The van der Waals surface area contributed by atoms with Crippen LogP contribution < -0.4 is 15.2 Å². The number of hydrogen-bond acceptors (Lipinski definition) is 4. The summed E-state index contributed by atoms with van der Waals surface area (Å²) in [7, 11) is -3.75. The van der Waals surface area contributed by atoms with E-state index in [4.69, 9.17) is 10.5 Å². The molecular formula is C14H23N3O3S. The van der Waals surface area contributed by atoms with Crippen molar-refractivity contribution in [1.29, 1.82) is 0 Å². The van der Waals surface area contributed by atoms with Gasteiger partial charge in [-0.3, -0.25) is 4.72 Å². The molecule has 1 aromatic rings. The van der Waals surface area contributed by atoms with E-state index < -0.39 is 10.2 Å². The van der Waals surface area contributed by atoms with Crippen molar-refractivity contribution in [3.05, 3.63) is 23.8 Å². The van der Waals surface area contributed by atoms with E-state index >= 15 is 0 Å². The summed E-state index contributed by atoms with van der Waals surface area (Å²) in [6, 6.07) is 5.07. The Morgan fingerprint density at radius 3 is 2.48 bits per heavy atom. The fourth-order valence-corrected chi connectivity index (χ4v) is 2.48. The van der Waals surface area contributed by atoms with Gasteiger partial charge in [-0.2, -0.15) is 8.42 Å². The second kappa shape index (κ2) is 6.34. The van der Waals surface area contributed by atoms with E-state index in [1.165, 1.54) is 0 Å². The minimum absolute atomic E-state index is 0.0111. The van der Waals surface area contributed by atoms with Crippen molar-refractivity contribution in [3.63, 3.8) is 0 Å². The highest BCUT2D eigenvalue weighted by Gasteiger charge is 2.24. The van der Waals surface area contributed by atoms with Gasteiger partial charge in [0.2, 0.25) is 0 Å². The van der Waals surface area contributed by atoms with Gasteiger partial charge in [-0.05, 0) is 17.5 Å². The van der Waals surface area contributed by atoms with Crippen molar-refractivity contribution in [3.8, 4) is 5.75 Å². The smallest absolute Gasteiger partial charge is 0.344 e. The largest absolute Gasteiger partial charge is 0.492 e. The minimum Gasteiger partial charge on any atom is -0.492 e. The second-order valence-corrected chi connectivity index (χ2v) is 6.92. The predicted octanol–water partition coefficient (Wildman–Crippen LogP) is 2.51. The molecule has 0 aliphatic carbocycles. The van der Waals surface area contributed by atoms with Crippen LogP contribution in [0.2, 0.25) is 0 Å². The number of rotatable bonds is 2. The van der Waals surface area contributed by atoms with Crippen LogP contribution in [0.5, 0.6) is 5.75 Å². The Kier molecular flexibility index (Phi) is 5.22. The molecule has 1 aliphatic heterocycles. The molecule has 0 fully saturated rings. The molecule has 0 saturated heterocycles. The summed E-state index contributed by atoms with van der Waals surface area (Å²) in [5.74, 6) is 0.467. The Morgan fingerprint density at radius 1 is 1.29 bits per heavy atom. The third-order valence-electron chi connectivity index (χ3n) is 2.40. The van der Waals surface area contributed by atoms with Gasteiger partial charge < -0.3 is 10.5 Å². The van der Waals surface area contributed by atoms with Gasteiger partial charge in [-0.25, -0.2) is 0 Å². The van der Waals surface area contributed by atoms with Crippen LogP contribution in [0.25, 0.3) is 0 Å². The molecule has 0 unspecified atom stereocenters. The highest BCUT2D eigenvalue weighted by atomic mass is 32.2. The van der Waals surface area contributed by atoms with Crippen LogP contribution in [-0.4, -0.2) is 20.9 Å². The zero-order valence-corrected chi connectivity index (χ0v) is 13.9. The maximum Gasteiger partial charge on any atom is 0.344 e. The maximum absolute atomic E-state index is 11.4. The number of fused-ring (bicyclic) bond motifs is 1. The molecule has 0 radical (unpaired) electrons. The van der Waals surface area contributed by atoms with E-state index in [0.717, 1.165) is 0 Å². The third kappa shape index (κ3) is 4.63. The van der Waals surface area contributed by atoms with Crippen LogP contribution in [0.1, 0.15) is 40.2 Å². The minimum atomic E-state index is -3.75. The van der Waals surface area contributed by atoms with Gasteiger partial charge in [0.15, 0.2) is 5.84 Å². The van der Waals surface area contributed by atoms with Crippen LogP contribution in [0, 0.1) is 5.41 Å². The summed E-state index contributed by atoms with van der Waals surface area (Å²) in [5, 5.41) is 0. The van der Waals surface area contributed by atoms with Crippen LogP contribution in [0.3, 0.4) is 0 Å². The summed E-state index contributed by atoms with van der Waals surface area (Å²) < 4.78 is 34.3. The molecule has 6 nitrogen and oxygen atoms in total. The molecule has 0 saturated carbocycles. The van der Waals surface area contributed by atoms with Crippen molar-refractivity contribution in [1.82, 2.24) is 0 Å². The van der Waals surface area contributed by atoms with Crippen molar-refractivity contribution in [2.24, 2.45) is 15.5 Å². The number of amidine groups is 1. The molecule has 0 amide bonds. The predicted molar refractivity (Wildman–Crippen MR) is 86.0 cm³/mol. The maximum atomic E-state index is 11.4.